The molecule has 0 spiro atoms. The van der Waals surface area contributed by atoms with Crippen molar-refractivity contribution in [3.8, 4) is 0 Å². The Kier molecular flexibility index (Phi) is 4.61. The van der Waals surface area contributed by atoms with Gasteiger partial charge in [0.25, 0.3) is 5.91 Å². The number of benzene rings is 1. The van der Waals surface area contributed by atoms with Crippen LogP contribution in [0.5, 0.6) is 0 Å². The van der Waals surface area contributed by atoms with Gasteiger partial charge in [-0.05, 0) is 61.4 Å². The second kappa shape index (κ2) is 6.02. The van der Waals surface area contributed by atoms with Crippen molar-refractivity contribution in [2.75, 3.05) is 0 Å². The average molecular weight is 358 g/mol. The van der Waals surface area contributed by atoms with Crippen molar-refractivity contribution in [3.63, 3.8) is 0 Å². The van der Waals surface area contributed by atoms with Crippen LogP contribution in [0, 0.1) is 3.57 Å². The van der Waals surface area contributed by atoms with Crippen molar-refractivity contribution >= 4 is 28.5 Å². The molecule has 2 rings (SSSR count). The van der Waals surface area contributed by atoms with Gasteiger partial charge in [0.05, 0.1) is 5.56 Å². The lowest BCUT2D eigenvalue weighted by molar-refractivity contribution is 0.0369. The van der Waals surface area contributed by atoms with Crippen LogP contribution < -0.4 is 5.43 Å². The highest BCUT2D eigenvalue weighted by Crippen LogP contribution is 2.21. The second-order valence-corrected chi connectivity index (χ2v) is 6.12. The zero-order valence-electron chi connectivity index (χ0n) is 10.8. The molecule has 0 radical (unpaired) electrons. The summed E-state index contributed by atoms with van der Waals surface area (Å²) in [5.41, 5.74) is 3.82. The molecule has 0 saturated carbocycles. The summed E-state index contributed by atoms with van der Waals surface area (Å²) in [6.45, 7) is 4.35. The fourth-order valence-electron chi connectivity index (χ4n) is 2.46. The largest absolute Gasteiger partial charge is 0.284 e. The molecule has 0 aliphatic carbocycles. The van der Waals surface area contributed by atoms with E-state index in [1.54, 1.807) is 0 Å². The van der Waals surface area contributed by atoms with Crippen LogP contribution in [0.1, 0.15) is 43.5 Å². The predicted molar refractivity (Wildman–Crippen MR) is 81.2 cm³/mol. The molecule has 1 N–H and O–H groups in total. The van der Waals surface area contributed by atoms with Gasteiger partial charge in [-0.2, -0.15) is 0 Å². The maximum absolute atomic E-state index is 12.3. The lowest BCUT2D eigenvalue weighted by Crippen LogP contribution is -2.54. The predicted octanol–water partition coefficient (Wildman–Crippen LogP) is 3.20. The first-order chi connectivity index (χ1) is 8.59. The standard InChI is InChI=1S/C14H19IN2O/c1-10-6-5-7-11(2)17(10)16-14(18)12-8-3-4-9-13(12)15/h3-4,8-11H,5-7H2,1-2H3,(H,16,18). The summed E-state index contributed by atoms with van der Waals surface area (Å²) in [4.78, 5) is 12.3. The third-order valence-corrected chi connectivity index (χ3v) is 4.48. The van der Waals surface area contributed by atoms with E-state index in [4.69, 9.17) is 0 Å². The number of nitrogens with one attached hydrogen (secondary N) is 1. The van der Waals surface area contributed by atoms with Crippen LogP contribution in [0.4, 0.5) is 0 Å². The van der Waals surface area contributed by atoms with Gasteiger partial charge in [0.1, 0.15) is 0 Å². The fourth-order valence-corrected chi connectivity index (χ4v) is 3.10. The van der Waals surface area contributed by atoms with Gasteiger partial charge in [-0.15, -0.1) is 0 Å². The first-order valence-corrected chi connectivity index (χ1v) is 7.51. The number of carbonyl (C=O) groups excluding carboxylic acids is 1. The van der Waals surface area contributed by atoms with Crippen molar-refractivity contribution in [2.24, 2.45) is 0 Å². The zero-order valence-corrected chi connectivity index (χ0v) is 13.0. The number of hydrogen-bond donors (Lipinski definition) is 1. The molecule has 4 heteroatoms. The van der Waals surface area contributed by atoms with Gasteiger partial charge in [0.15, 0.2) is 0 Å². The molecular formula is C14H19IN2O. The molecular weight excluding hydrogens is 339 g/mol. The Labute approximate surface area is 122 Å². The third-order valence-electron chi connectivity index (χ3n) is 3.54. The van der Waals surface area contributed by atoms with Gasteiger partial charge in [0.2, 0.25) is 0 Å². The Hall–Kier alpha value is -0.620. The summed E-state index contributed by atoms with van der Waals surface area (Å²) in [6.07, 6.45) is 3.55. The van der Waals surface area contributed by atoms with Gasteiger partial charge in [-0.25, -0.2) is 5.01 Å². The number of hydrazine groups is 1. The highest BCUT2D eigenvalue weighted by Gasteiger charge is 2.26. The molecule has 1 aromatic carbocycles. The summed E-state index contributed by atoms with van der Waals surface area (Å²) in [7, 11) is 0. The van der Waals surface area contributed by atoms with Crippen LogP contribution >= 0.6 is 22.6 Å². The second-order valence-electron chi connectivity index (χ2n) is 4.96. The molecule has 0 aromatic heterocycles. The molecule has 1 saturated heterocycles. The number of hydrogen-bond acceptors (Lipinski definition) is 2. The maximum Gasteiger partial charge on any atom is 0.266 e. The van der Waals surface area contributed by atoms with Gasteiger partial charge < -0.3 is 0 Å². The number of rotatable bonds is 2. The minimum absolute atomic E-state index is 0.000556. The number of amides is 1. The SMILES string of the molecule is CC1CCCC(C)N1NC(=O)c1ccccc1I. The van der Waals surface area contributed by atoms with Crippen molar-refractivity contribution < 1.29 is 4.79 Å². The normalized spacial score (nSPS) is 24.8. The molecule has 1 heterocycles. The van der Waals surface area contributed by atoms with Crippen molar-refractivity contribution in [3.05, 3.63) is 33.4 Å². The van der Waals surface area contributed by atoms with E-state index in [1.807, 2.05) is 24.3 Å². The van der Waals surface area contributed by atoms with Crippen LogP contribution in [0.25, 0.3) is 0 Å². The van der Waals surface area contributed by atoms with E-state index in [-0.39, 0.29) is 5.91 Å². The molecule has 0 bridgehead atoms. The fraction of sp³-hybridized carbons (Fsp3) is 0.500. The molecule has 3 nitrogen and oxygen atoms in total. The van der Waals surface area contributed by atoms with E-state index in [0.717, 1.165) is 22.0 Å². The van der Waals surface area contributed by atoms with Gasteiger partial charge in [-0.3, -0.25) is 10.2 Å². The molecule has 2 unspecified atom stereocenters. The number of carbonyl (C=O) groups is 1. The van der Waals surface area contributed by atoms with Crippen LogP contribution in [-0.4, -0.2) is 23.0 Å². The summed E-state index contributed by atoms with van der Waals surface area (Å²) in [5, 5.41) is 2.11. The van der Waals surface area contributed by atoms with Crippen LogP contribution in [0.3, 0.4) is 0 Å². The lowest BCUT2D eigenvalue weighted by Gasteiger charge is -2.38. The molecule has 1 amide bonds. The van der Waals surface area contributed by atoms with Crippen molar-refractivity contribution in [2.45, 2.75) is 45.2 Å². The molecule has 1 aromatic rings. The molecule has 1 aliphatic heterocycles. The van der Waals surface area contributed by atoms with E-state index in [9.17, 15) is 4.79 Å². The molecule has 1 fully saturated rings. The van der Waals surface area contributed by atoms with E-state index in [1.165, 1.54) is 6.42 Å². The third kappa shape index (κ3) is 3.03. The number of piperidine rings is 1. The summed E-state index contributed by atoms with van der Waals surface area (Å²) in [5.74, 6) is 0.000556. The minimum atomic E-state index is 0.000556. The lowest BCUT2D eigenvalue weighted by atomic mass is 10.00. The van der Waals surface area contributed by atoms with E-state index < -0.39 is 0 Å². The topological polar surface area (TPSA) is 32.3 Å². The average Bonchev–Trinajstić information content (AvgIpc) is 2.34. The number of nitrogens with zero attached hydrogens (tertiary/aromatic N) is 1. The van der Waals surface area contributed by atoms with Crippen LogP contribution in [0.2, 0.25) is 0 Å². The van der Waals surface area contributed by atoms with E-state index >= 15 is 0 Å². The minimum Gasteiger partial charge on any atom is -0.284 e. The Balaban J connectivity index is 2.09. The molecule has 1 aliphatic rings. The van der Waals surface area contributed by atoms with Crippen molar-refractivity contribution in [1.29, 1.82) is 0 Å². The van der Waals surface area contributed by atoms with Crippen LogP contribution in [0.15, 0.2) is 24.3 Å². The number of halogens is 1. The Morgan fingerprint density at radius 3 is 2.50 bits per heavy atom. The first-order valence-electron chi connectivity index (χ1n) is 6.43. The highest BCUT2D eigenvalue weighted by molar-refractivity contribution is 14.1. The smallest absolute Gasteiger partial charge is 0.266 e. The first kappa shape index (κ1) is 13.8. The molecule has 18 heavy (non-hydrogen) atoms. The van der Waals surface area contributed by atoms with E-state index in [2.05, 4.69) is 46.9 Å². The van der Waals surface area contributed by atoms with Crippen molar-refractivity contribution in [1.82, 2.24) is 10.4 Å². The zero-order chi connectivity index (χ0) is 13.1. The summed E-state index contributed by atoms with van der Waals surface area (Å²) in [6, 6.07) is 8.51. The van der Waals surface area contributed by atoms with E-state index in [0.29, 0.717) is 12.1 Å². The Bertz CT molecular complexity index is 426. The van der Waals surface area contributed by atoms with Gasteiger partial charge in [0, 0.05) is 15.7 Å². The molecule has 98 valence electrons. The Morgan fingerprint density at radius 1 is 1.28 bits per heavy atom. The van der Waals surface area contributed by atoms with Crippen LogP contribution in [-0.2, 0) is 0 Å². The highest BCUT2D eigenvalue weighted by atomic mass is 127. The summed E-state index contributed by atoms with van der Waals surface area (Å²) >= 11 is 2.20. The maximum atomic E-state index is 12.3. The van der Waals surface area contributed by atoms with Gasteiger partial charge in [-0.1, -0.05) is 18.6 Å². The molecule has 2 atom stereocenters. The quantitative estimate of drug-likeness (QED) is 0.824. The van der Waals surface area contributed by atoms with Gasteiger partial charge >= 0.3 is 0 Å². The summed E-state index contributed by atoms with van der Waals surface area (Å²) < 4.78 is 0.991. The Morgan fingerprint density at radius 2 is 1.89 bits per heavy atom. The monoisotopic (exact) mass is 358 g/mol.